The summed E-state index contributed by atoms with van der Waals surface area (Å²) >= 11 is 0. The molecule has 1 aromatic rings. The van der Waals surface area contributed by atoms with Crippen LogP contribution < -0.4 is 5.32 Å². The summed E-state index contributed by atoms with van der Waals surface area (Å²) in [5.41, 5.74) is 4.98. The summed E-state index contributed by atoms with van der Waals surface area (Å²) in [7, 11) is 2.06. The molecule has 0 spiro atoms. The van der Waals surface area contributed by atoms with E-state index in [1.165, 1.54) is 18.4 Å². The molecule has 1 atom stereocenters. The van der Waals surface area contributed by atoms with Gasteiger partial charge in [-0.25, -0.2) is 0 Å². The van der Waals surface area contributed by atoms with Gasteiger partial charge in [-0.15, -0.1) is 0 Å². The van der Waals surface area contributed by atoms with Gasteiger partial charge in [-0.2, -0.15) is 0 Å². The molecule has 18 heavy (non-hydrogen) atoms. The molecule has 0 radical (unpaired) electrons. The van der Waals surface area contributed by atoms with Gasteiger partial charge >= 0.3 is 0 Å². The van der Waals surface area contributed by atoms with Crippen molar-refractivity contribution in [3.63, 3.8) is 0 Å². The van der Waals surface area contributed by atoms with Crippen LogP contribution in [0.3, 0.4) is 0 Å². The number of hydrogen-bond donors (Lipinski definition) is 1. The van der Waals surface area contributed by atoms with E-state index in [-0.39, 0.29) is 0 Å². The highest BCUT2D eigenvalue weighted by atomic mass is 14.8. The molecule has 1 unspecified atom stereocenters. The quantitative estimate of drug-likeness (QED) is 0.842. The molecule has 0 bridgehead atoms. The fourth-order valence-electron chi connectivity index (χ4n) is 3.18. The maximum absolute atomic E-state index is 3.35. The van der Waals surface area contributed by atoms with Gasteiger partial charge in [0.1, 0.15) is 0 Å². The van der Waals surface area contributed by atoms with Crippen molar-refractivity contribution in [1.29, 1.82) is 0 Å². The lowest BCUT2D eigenvalue weighted by Crippen LogP contribution is -2.30. The van der Waals surface area contributed by atoms with E-state index < -0.39 is 0 Å². The van der Waals surface area contributed by atoms with Crippen LogP contribution in [0.1, 0.15) is 69.1 Å². The third kappa shape index (κ3) is 2.47. The van der Waals surface area contributed by atoms with Crippen molar-refractivity contribution in [1.82, 2.24) is 5.32 Å². The Hall–Kier alpha value is -0.820. The topological polar surface area (TPSA) is 12.0 Å². The van der Waals surface area contributed by atoms with Crippen LogP contribution in [0.15, 0.2) is 18.2 Å². The van der Waals surface area contributed by atoms with Gasteiger partial charge in [-0.05, 0) is 53.8 Å². The maximum Gasteiger partial charge on any atom is 0.00172 e. The van der Waals surface area contributed by atoms with E-state index in [1.807, 2.05) is 0 Å². The second kappa shape index (κ2) is 5.05. The van der Waals surface area contributed by atoms with Crippen LogP contribution >= 0.6 is 0 Å². The first-order valence-electron chi connectivity index (χ1n) is 7.24. The predicted octanol–water partition coefficient (Wildman–Crippen LogP) is 4.18. The normalized spacial score (nSPS) is 22.0. The standard InChI is InChI=1S/C17H27N/c1-12(2)13-6-7-16-15(10-13)14(11-18-5)8-9-17(16,3)4/h6-7,10,12,14,18H,8-9,11H2,1-5H3. The highest BCUT2D eigenvalue weighted by Gasteiger charge is 2.32. The van der Waals surface area contributed by atoms with Crippen molar-refractivity contribution in [2.45, 2.75) is 57.8 Å². The maximum atomic E-state index is 3.35. The van der Waals surface area contributed by atoms with Gasteiger partial charge in [-0.1, -0.05) is 45.9 Å². The van der Waals surface area contributed by atoms with Gasteiger partial charge in [0.2, 0.25) is 0 Å². The minimum atomic E-state index is 0.342. The third-order valence-electron chi connectivity index (χ3n) is 4.48. The summed E-state index contributed by atoms with van der Waals surface area (Å²) < 4.78 is 0. The molecule has 0 aromatic heterocycles. The Morgan fingerprint density at radius 2 is 2.06 bits per heavy atom. The minimum absolute atomic E-state index is 0.342. The molecule has 1 aliphatic rings. The molecule has 1 N–H and O–H groups in total. The molecule has 0 heterocycles. The number of likely N-dealkylation sites (N-methyl/N-ethyl adjacent to an activating group) is 1. The van der Waals surface area contributed by atoms with E-state index in [9.17, 15) is 0 Å². The SMILES string of the molecule is CNCC1CCC(C)(C)c2ccc(C(C)C)cc21. The molecule has 1 nitrogen and oxygen atoms in total. The van der Waals surface area contributed by atoms with Gasteiger partial charge in [-0.3, -0.25) is 0 Å². The Balaban J connectivity index is 2.46. The van der Waals surface area contributed by atoms with Crippen molar-refractivity contribution in [3.05, 3.63) is 34.9 Å². The van der Waals surface area contributed by atoms with Crippen LogP contribution in [0.2, 0.25) is 0 Å². The largest absolute Gasteiger partial charge is 0.319 e. The van der Waals surface area contributed by atoms with Crippen LogP contribution in [0.25, 0.3) is 0 Å². The van der Waals surface area contributed by atoms with Crippen molar-refractivity contribution in [2.24, 2.45) is 0 Å². The lowest BCUT2D eigenvalue weighted by atomic mass is 9.68. The molecule has 0 fully saturated rings. The molecule has 0 saturated heterocycles. The van der Waals surface area contributed by atoms with Crippen molar-refractivity contribution < 1.29 is 0 Å². The van der Waals surface area contributed by atoms with Crippen molar-refractivity contribution >= 4 is 0 Å². The van der Waals surface area contributed by atoms with Crippen molar-refractivity contribution in [2.75, 3.05) is 13.6 Å². The Morgan fingerprint density at radius 3 is 2.67 bits per heavy atom. The van der Waals surface area contributed by atoms with Crippen molar-refractivity contribution in [3.8, 4) is 0 Å². The Kier molecular flexibility index (Phi) is 3.82. The fourth-order valence-corrected chi connectivity index (χ4v) is 3.18. The zero-order valence-electron chi connectivity index (χ0n) is 12.5. The molecule has 1 heteroatoms. The van der Waals surface area contributed by atoms with E-state index in [1.54, 1.807) is 11.1 Å². The zero-order valence-corrected chi connectivity index (χ0v) is 12.5. The molecule has 1 aliphatic carbocycles. The second-order valence-corrected chi connectivity index (χ2v) is 6.68. The smallest absolute Gasteiger partial charge is 0.00172 e. The average molecular weight is 245 g/mol. The summed E-state index contributed by atoms with van der Waals surface area (Å²) in [5.74, 6) is 1.31. The van der Waals surface area contributed by atoms with Gasteiger partial charge in [0.15, 0.2) is 0 Å². The molecule has 0 aliphatic heterocycles. The Bertz CT molecular complexity index is 418. The fraction of sp³-hybridized carbons (Fsp3) is 0.647. The monoisotopic (exact) mass is 245 g/mol. The van der Waals surface area contributed by atoms with Crippen LogP contribution in [-0.4, -0.2) is 13.6 Å². The summed E-state index contributed by atoms with van der Waals surface area (Å²) in [5, 5.41) is 3.35. The van der Waals surface area contributed by atoms with E-state index in [0.717, 1.165) is 6.54 Å². The molecular formula is C17H27N. The van der Waals surface area contributed by atoms with Gasteiger partial charge < -0.3 is 5.32 Å². The molecule has 2 rings (SSSR count). The highest BCUT2D eigenvalue weighted by Crippen LogP contribution is 2.43. The molecule has 1 aromatic carbocycles. The summed E-state index contributed by atoms with van der Waals surface area (Å²) in [6.07, 6.45) is 2.61. The van der Waals surface area contributed by atoms with E-state index in [2.05, 4.69) is 58.3 Å². The molecule has 0 amide bonds. The van der Waals surface area contributed by atoms with E-state index >= 15 is 0 Å². The van der Waals surface area contributed by atoms with Crippen LogP contribution in [-0.2, 0) is 5.41 Å². The molecule has 0 saturated carbocycles. The second-order valence-electron chi connectivity index (χ2n) is 6.68. The summed E-state index contributed by atoms with van der Waals surface area (Å²) in [6, 6.07) is 7.17. The first-order chi connectivity index (χ1) is 8.45. The lowest BCUT2D eigenvalue weighted by Gasteiger charge is -2.37. The van der Waals surface area contributed by atoms with Gasteiger partial charge in [0, 0.05) is 6.54 Å². The Morgan fingerprint density at radius 1 is 1.33 bits per heavy atom. The third-order valence-corrected chi connectivity index (χ3v) is 4.48. The van der Waals surface area contributed by atoms with Crippen LogP contribution in [0.4, 0.5) is 0 Å². The van der Waals surface area contributed by atoms with E-state index in [4.69, 9.17) is 0 Å². The number of nitrogens with one attached hydrogen (secondary N) is 1. The average Bonchev–Trinajstić information content (AvgIpc) is 2.32. The zero-order chi connectivity index (χ0) is 13.3. The number of hydrogen-bond acceptors (Lipinski definition) is 1. The number of rotatable bonds is 3. The van der Waals surface area contributed by atoms with E-state index in [0.29, 0.717) is 17.3 Å². The van der Waals surface area contributed by atoms with Crippen LogP contribution in [0.5, 0.6) is 0 Å². The van der Waals surface area contributed by atoms with Gasteiger partial charge in [0.05, 0.1) is 0 Å². The highest BCUT2D eigenvalue weighted by molar-refractivity contribution is 5.42. The minimum Gasteiger partial charge on any atom is -0.319 e. The molecule has 100 valence electrons. The van der Waals surface area contributed by atoms with Gasteiger partial charge in [0.25, 0.3) is 0 Å². The predicted molar refractivity (Wildman–Crippen MR) is 79.5 cm³/mol. The number of benzene rings is 1. The van der Waals surface area contributed by atoms with Crippen LogP contribution in [0, 0.1) is 0 Å². The summed E-state index contributed by atoms with van der Waals surface area (Å²) in [4.78, 5) is 0. The molecular weight excluding hydrogens is 218 g/mol. The Labute approximate surface area is 112 Å². The lowest BCUT2D eigenvalue weighted by molar-refractivity contribution is 0.386. The summed E-state index contributed by atoms with van der Waals surface area (Å²) in [6.45, 7) is 10.4. The number of fused-ring (bicyclic) bond motifs is 1. The first-order valence-corrected chi connectivity index (χ1v) is 7.24. The first kappa shape index (κ1) is 13.6.